The third-order valence-electron chi connectivity index (χ3n) is 8.03. The van der Waals surface area contributed by atoms with Gasteiger partial charge in [-0.15, -0.1) is 0 Å². The van der Waals surface area contributed by atoms with E-state index in [2.05, 4.69) is 29.0 Å². The zero-order valence-electron chi connectivity index (χ0n) is 26.6. The monoisotopic (exact) mass is 612 g/mol. The molecule has 1 aliphatic heterocycles. The fourth-order valence-electron chi connectivity index (χ4n) is 5.83. The average Bonchev–Trinajstić information content (AvgIpc) is 3.09. The van der Waals surface area contributed by atoms with Gasteiger partial charge in [0.05, 0.1) is 18.5 Å². The van der Waals surface area contributed by atoms with E-state index >= 15 is 0 Å². The summed E-state index contributed by atoms with van der Waals surface area (Å²) in [6, 6.07) is 5.42. The summed E-state index contributed by atoms with van der Waals surface area (Å²) in [6.45, 7) is 13.4. The summed E-state index contributed by atoms with van der Waals surface area (Å²) >= 11 is 6.60. The number of allylic oxidation sites excluding steroid dienone is 2. The molecule has 1 aromatic carbocycles. The number of halogens is 1. The first-order valence-electron chi connectivity index (χ1n) is 15.4. The van der Waals surface area contributed by atoms with E-state index in [4.69, 9.17) is 16.3 Å². The van der Waals surface area contributed by atoms with Crippen LogP contribution in [0.2, 0.25) is 5.02 Å². The van der Waals surface area contributed by atoms with Crippen molar-refractivity contribution >= 4 is 35.5 Å². The van der Waals surface area contributed by atoms with Crippen LogP contribution in [0.25, 0.3) is 5.57 Å². The molecule has 1 aliphatic carbocycles. The number of fused-ring (bicyclic) bond motifs is 1. The molecular weight excluding hydrogens is 564 g/mol. The number of aliphatic hydroxyl groups is 1. The maximum Gasteiger partial charge on any atom is 0.410 e. The number of ether oxygens (including phenoxy) is 1. The van der Waals surface area contributed by atoms with Crippen molar-refractivity contribution in [3.63, 3.8) is 0 Å². The van der Waals surface area contributed by atoms with Crippen LogP contribution in [0.15, 0.2) is 53.2 Å². The summed E-state index contributed by atoms with van der Waals surface area (Å²) in [6.07, 6.45) is 8.49. The lowest BCUT2D eigenvalue weighted by atomic mass is 9.76. The lowest BCUT2D eigenvalue weighted by Gasteiger charge is -2.36. The maximum atomic E-state index is 13.2. The predicted molar refractivity (Wildman–Crippen MR) is 175 cm³/mol. The highest BCUT2D eigenvalue weighted by atomic mass is 35.5. The average molecular weight is 613 g/mol. The molecule has 1 fully saturated rings. The highest BCUT2D eigenvalue weighted by Gasteiger charge is 2.35. The number of carbonyl (C=O) groups excluding carboxylic acids is 2. The van der Waals surface area contributed by atoms with Gasteiger partial charge in [-0.2, -0.15) is 0 Å². The van der Waals surface area contributed by atoms with Crippen molar-refractivity contribution in [1.29, 1.82) is 0 Å². The Morgan fingerprint density at radius 1 is 1.28 bits per heavy atom. The molecule has 2 aliphatic rings. The van der Waals surface area contributed by atoms with Crippen LogP contribution >= 0.6 is 11.6 Å². The highest BCUT2D eigenvalue weighted by Crippen LogP contribution is 2.45. The largest absolute Gasteiger partial charge is 0.447 e. The Morgan fingerprint density at radius 2 is 1.98 bits per heavy atom. The van der Waals surface area contributed by atoms with Gasteiger partial charge in [0, 0.05) is 38.4 Å². The molecule has 2 N–H and O–H groups in total. The maximum absolute atomic E-state index is 13.2. The molecule has 0 spiro atoms. The lowest BCUT2D eigenvalue weighted by molar-refractivity contribution is -0.129. The summed E-state index contributed by atoms with van der Waals surface area (Å²) in [5.74, 6) is 0.0800. The first kappa shape index (κ1) is 34.4. The van der Waals surface area contributed by atoms with Gasteiger partial charge in [-0.25, -0.2) is 9.79 Å². The Hall–Kier alpha value is -3.10. The van der Waals surface area contributed by atoms with E-state index in [-0.39, 0.29) is 18.1 Å². The van der Waals surface area contributed by atoms with E-state index in [1.165, 1.54) is 0 Å². The van der Waals surface area contributed by atoms with E-state index in [1.54, 1.807) is 17.4 Å². The van der Waals surface area contributed by atoms with Crippen molar-refractivity contribution in [2.24, 2.45) is 10.9 Å². The summed E-state index contributed by atoms with van der Waals surface area (Å²) in [5.41, 5.74) is 4.73. The van der Waals surface area contributed by atoms with Crippen LogP contribution in [-0.4, -0.2) is 78.7 Å². The van der Waals surface area contributed by atoms with Gasteiger partial charge in [-0.05, 0) is 92.7 Å². The molecule has 1 saturated heterocycles. The Bertz CT molecular complexity index is 1230. The minimum atomic E-state index is -1.10. The van der Waals surface area contributed by atoms with E-state index in [1.807, 2.05) is 58.8 Å². The van der Waals surface area contributed by atoms with Gasteiger partial charge in [-0.1, -0.05) is 55.7 Å². The summed E-state index contributed by atoms with van der Waals surface area (Å²) in [5, 5.41) is 14.3. The zero-order valence-corrected chi connectivity index (χ0v) is 27.4. The number of rotatable bonds is 11. The van der Waals surface area contributed by atoms with Gasteiger partial charge in [0.1, 0.15) is 6.10 Å². The number of benzene rings is 1. The molecule has 1 aromatic rings. The van der Waals surface area contributed by atoms with Crippen molar-refractivity contribution in [3.05, 3.63) is 64.3 Å². The highest BCUT2D eigenvalue weighted by molar-refractivity contribution is 6.30. The van der Waals surface area contributed by atoms with Crippen LogP contribution in [0.1, 0.15) is 83.3 Å². The second kappa shape index (κ2) is 16.1. The minimum absolute atomic E-state index is 0.149. The number of aliphatic imine (C=N–C) groups is 1. The van der Waals surface area contributed by atoms with Crippen LogP contribution in [0.4, 0.5) is 4.79 Å². The summed E-state index contributed by atoms with van der Waals surface area (Å²) in [4.78, 5) is 33.8. The molecule has 8 nitrogen and oxygen atoms in total. The third kappa shape index (κ3) is 9.70. The molecule has 1 heterocycles. The number of likely N-dealkylation sites (tertiary alicyclic amines) is 1. The minimum Gasteiger partial charge on any atom is -0.447 e. The molecule has 3 atom stereocenters. The van der Waals surface area contributed by atoms with E-state index < -0.39 is 18.1 Å². The van der Waals surface area contributed by atoms with Crippen LogP contribution in [0.5, 0.6) is 0 Å². The predicted octanol–water partition coefficient (Wildman–Crippen LogP) is 6.55. The normalized spacial score (nSPS) is 19.5. The fraction of sp³-hybridized carbons (Fsp3) is 0.559. The second-order valence-electron chi connectivity index (χ2n) is 12.3. The number of nitrogens with one attached hydrogen (secondary N) is 1. The van der Waals surface area contributed by atoms with Crippen LogP contribution in [0.3, 0.4) is 0 Å². The Kier molecular flexibility index (Phi) is 12.9. The molecule has 3 rings (SSSR count). The first-order valence-corrected chi connectivity index (χ1v) is 15.8. The number of unbranched alkanes of at least 4 members (excludes halogenated alkanes) is 1. The van der Waals surface area contributed by atoms with E-state index in [0.717, 1.165) is 60.0 Å². The standard InChI is InChI=1S/C34H49ClN4O4/c1-8-9-10-31(40)33(41)37-32(24(5)20-36-21-38(6)7)30-18-23(4)17-28(27-12-11-26(35)19-29(27)30)25-13-15-39(16-14-25)34(42)43-22(2)3/h11-12,18-22,25,28,31-32,40H,4,8-10,13-17H2,1-3,5-7H3,(H,37,41)/b24-20+,36-21?. The number of aliphatic hydroxyl groups excluding tert-OH is 1. The molecular formula is C34H49ClN4O4. The molecule has 43 heavy (non-hydrogen) atoms. The van der Waals surface area contributed by atoms with Crippen molar-refractivity contribution in [3.8, 4) is 0 Å². The number of carbonyl (C=O) groups is 2. The molecule has 236 valence electrons. The lowest BCUT2D eigenvalue weighted by Crippen LogP contribution is -2.43. The first-order chi connectivity index (χ1) is 20.4. The van der Waals surface area contributed by atoms with Crippen molar-refractivity contribution in [2.45, 2.75) is 90.4 Å². The number of hydrogen-bond donors (Lipinski definition) is 2. The molecule has 9 heteroatoms. The number of hydrogen-bond acceptors (Lipinski definition) is 5. The van der Waals surface area contributed by atoms with Crippen LogP contribution in [0, 0.1) is 5.92 Å². The topological polar surface area (TPSA) is 94.5 Å². The molecule has 0 radical (unpaired) electrons. The van der Waals surface area contributed by atoms with Gasteiger partial charge in [0.25, 0.3) is 0 Å². The Balaban J connectivity index is 1.99. The van der Waals surface area contributed by atoms with Gasteiger partial charge in [0.2, 0.25) is 5.91 Å². The molecule has 0 saturated carbocycles. The van der Waals surface area contributed by atoms with E-state index in [9.17, 15) is 14.7 Å². The van der Waals surface area contributed by atoms with E-state index in [0.29, 0.717) is 30.5 Å². The Labute approximate surface area is 262 Å². The fourth-order valence-corrected chi connectivity index (χ4v) is 6.01. The third-order valence-corrected chi connectivity index (χ3v) is 8.27. The van der Waals surface area contributed by atoms with Gasteiger partial charge >= 0.3 is 6.09 Å². The molecule has 2 amide bonds. The SMILES string of the molecule is C=C1C=C(C(NC(=O)C(O)CCCC)/C(C)=C/N=CN(C)C)c2cc(Cl)ccc2C(C2CCN(C(=O)OC(C)C)CC2)C1. The van der Waals surface area contributed by atoms with Crippen molar-refractivity contribution < 1.29 is 19.4 Å². The Morgan fingerprint density at radius 3 is 2.60 bits per heavy atom. The van der Waals surface area contributed by atoms with Crippen LogP contribution < -0.4 is 5.32 Å². The van der Waals surface area contributed by atoms with Gasteiger partial charge < -0.3 is 25.0 Å². The smallest absolute Gasteiger partial charge is 0.410 e. The number of piperidine rings is 1. The quantitative estimate of drug-likeness (QED) is 0.218. The summed E-state index contributed by atoms with van der Waals surface area (Å²) < 4.78 is 5.43. The van der Waals surface area contributed by atoms with Gasteiger partial charge in [-0.3, -0.25) is 4.79 Å². The molecule has 0 bridgehead atoms. The second-order valence-corrected chi connectivity index (χ2v) is 12.7. The summed E-state index contributed by atoms with van der Waals surface area (Å²) in [7, 11) is 3.79. The van der Waals surface area contributed by atoms with Crippen molar-refractivity contribution in [2.75, 3.05) is 27.2 Å². The molecule has 3 unspecified atom stereocenters. The van der Waals surface area contributed by atoms with Gasteiger partial charge in [0.15, 0.2) is 0 Å². The number of amides is 2. The van der Waals surface area contributed by atoms with Crippen molar-refractivity contribution in [1.82, 2.24) is 15.1 Å². The zero-order chi connectivity index (χ0) is 31.7. The number of nitrogens with zero attached hydrogens (tertiary/aromatic N) is 3. The molecule has 0 aromatic heterocycles. The van der Waals surface area contributed by atoms with Crippen LogP contribution in [-0.2, 0) is 9.53 Å².